The van der Waals surface area contributed by atoms with Gasteiger partial charge in [0.25, 0.3) is 5.91 Å². The predicted molar refractivity (Wildman–Crippen MR) is 96.2 cm³/mol. The summed E-state index contributed by atoms with van der Waals surface area (Å²) in [5.41, 5.74) is 3.39. The van der Waals surface area contributed by atoms with Gasteiger partial charge in [0.1, 0.15) is 6.61 Å². The predicted octanol–water partition coefficient (Wildman–Crippen LogP) is 4.88. The largest absolute Gasteiger partial charge is 0.411 e. The molecule has 0 aliphatic heterocycles. The van der Waals surface area contributed by atoms with Crippen LogP contribution in [0.15, 0.2) is 48.5 Å². The van der Waals surface area contributed by atoms with Crippen LogP contribution in [0.3, 0.4) is 0 Å². The molecule has 0 atom stereocenters. The normalized spacial score (nSPS) is 14.2. The Morgan fingerprint density at radius 2 is 1.63 bits per heavy atom. The Balaban J connectivity index is 1.63. The van der Waals surface area contributed by atoms with Gasteiger partial charge in [0.15, 0.2) is 0 Å². The number of aryl methyl sites for hydroxylation is 1. The fourth-order valence-electron chi connectivity index (χ4n) is 2.84. The highest BCUT2D eigenvalue weighted by molar-refractivity contribution is 5.94. The van der Waals surface area contributed by atoms with E-state index < -0.39 is 12.8 Å². The average molecular weight is 377 g/mol. The van der Waals surface area contributed by atoms with E-state index in [0.29, 0.717) is 17.7 Å². The molecule has 3 nitrogen and oxygen atoms in total. The van der Waals surface area contributed by atoms with E-state index in [1.54, 1.807) is 24.3 Å². The topological polar surface area (TPSA) is 29.5 Å². The number of ether oxygens (including phenoxy) is 1. The van der Waals surface area contributed by atoms with Crippen LogP contribution >= 0.6 is 0 Å². The lowest BCUT2D eigenvalue weighted by atomic mass is 10.1. The molecule has 0 N–H and O–H groups in total. The zero-order chi connectivity index (χ0) is 19.4. The lowest BCUT2D eigenvalue weighted by molar-refractivity contribution is -0.176. The number of hydrogen-bond donors (Lipinski definition) is 0. The molecule has 2 aromatic rings. The first-order chi connectivity index (χ1) is 12.8. The monoisotopic (exact) mass is 377 g/mol. The van der Waals surface area contributed by atoms with Crippen molar-refractivity contribution in [1.82, 2.24) is 4.90 Å². The lowest BCUT2D eigenvalue weighted by Crippen LogP contribution is -2.32. The Morgan fingerprint density at radius 3 is 2.19 bits per heavy atom. The van der Waals surface area contributed by atoms with Crippen LogP contribution < -0.4 is 0 Å². The maximum absolute atomic E-state index is 12.9. The third kappa shape index (κ3) is 5.82. The van der Waals surface area contributed by atoms with Crippen LogP contribution in [0, 0.1) is 6.92 Å². The number of halogens is 3. The van der Waals surface area contributed by atoms with Crippen molar-refractivity contribution in [1.29, 1.82) is 0 Å². The van der Waals surface area contributed by atoms with Gasteiger partial charge in [0, 0.05) is 18.2 Å². The molecule has 0 aromatic heterocycles. The van der Waals surface area contributed by atoms with Crippen LogP contribution in [0.5, 0.6) is 0 Å². The number of hydrogen-bond acceptors (Lipinski definition) is 2. The van der Waals surface area contributed by atoms with Gasteiger partial charge >= 0.3 is 6.18 Å². The summed E-state index contributed by atoms with van der Waals surface area (Å²) in [4.78, 5) is 14.8. The van der Waals surface area contributed by atoms with Gasteiger partial charge in [0.2, 0.25) is 0 Å². The SMILES string of the molecule is Cc1ccc(CN(C(=O)c2ccc(COCC(F)(F)F)cc2)C2CC2)cc1. The standard InChI is InChI=1S/C21H22F3NO2/c1-15-2-4-16(5-3-15)12-25(19-10-11-19)20(26)18-8-6-17(7-9-18)13-27-14-21(22,23)24/h2-9,19H,10-14H2,1H3. The van der Waals surface area contributed by atoms with E-state index in [1.807, 2.05) is 36.1 Å². The first-order valence-electron chi connectivity index (χ1n) is 8.92. The first kappa shape index (κ1) is 19.4. The van der Waals surface area contributed by atoms with Crippen LogP contribution in [-0.2, 0) is 17.9 Å². The minimum Gasteiger partial charge on any atom is -0.367 e. The Hall–Kier alpha value is -2.34. The Morgan fingerprint density at radius 1 is 1.04 bits per heavy atom. The number of amides is 1. The number of carbonyl (C=O) groups excluding carboxylic acids is 1. The highest BCUT2D eigenvalue weighted by atomic mass is 19.4. The summed E-state index contributed by atoms with van der Waals surface area (Å²) in [5.74, 6) is -0.0548. The number of benzene rings is 2. The fraction of sp³-hybridized carbons (Fsp3) is 0.381. The molecule has 3 rings (SSSR count). The van der Waals surface area contributed by atoms with Crippen molar-refractivity contribution in [3.8, 4) is 0 Å². The van der Waals surface area contributed by atoms with E-state index in [4.69, 9.17) is 0 Å². The quantitative estimate of drug-likeness (QED) is 0.688. The highest BCUT2D eigenvalue weighted by Crippen LogP contribution is 2.30. The van der Waals surface area contributed by atoms with Crippen molar-refractivity contribution >= 4 is 5.91 Å². The second-order valence-electron chi connectivity index (χ2n) is 6.95. The third-order valence-electron chi connectivity index (χ3n) is 4.46. The molecule has 0 unspecified atom stereocenters. The Kier molecular flexibility index (Phi) is 5.85. The molecule has 1 amide bonds. The van der Waals surface area contributed by atoms with Gasteiger partial charge in [-0.1, -0.05) is 42.0 Å². The molecule has 1 aliphatic carbocycles. The number of nitrogens with zero attached hydrogens (tertiary/aromatic N) is 1. The van der Waals surface area contributed by atoms with Crippen molar-refractivity contribution in [3.63, 3.8) is 0 Å². The van der Waals surface area contributed by atoms with Crippen LogP contribution in [0.4, 0.5) is 13.2 Å². The molecule has 27 heavy (non-hydrogen) atoms. The number of alkyl halides is 3. The summed E-state index contributed by atoms with van der Waals surface area (Å²) in [6, 6.07) is 15.0. The maximum atomic E-state index is 12.9. The fourth-order valence-corrected chi connectivity index (χ4v) is 2.84. The first-order valence-corrected chi connectivity index (χ1v) is 8.92. The van der Waals surface area contributed by atoms with Crippen LogP contribution in [0.1, 0.15) is 39.9 Å². The van der Waals surface area contributed by atoms with Gasteiger partial charge in [-0.05, 0) is 43.0 Å². The molecule has 6 heteroatoms. The Bertz CT molecular complexity index is 766. The molecular formula is C21H22F3NO2. The van der Waals surface area contributed by atoms with E-state index in [2.05, 4.69) is 4.74 Å². The van der Waals surface area contributed by atoms with Crippen LogP contribution in [0.2, 0.25) is 0 Å². The minimum atomic E-state index is -4.34. The molecule has 0 saturated heterocycles. The van der Waals surface area contributed by atoms with Gasteiger partial charge in [-0.25, -0.2) is 0 Å². The van der Waals surface area contributed by atoms with E-state index in [1.165, 1.54) is 5.56 Å². The minimum absolute atomic E-state index is 0.0548. The summed E-state index contributed by atoms with van der Waals surface area (Å²) < 4.78 is 41.0. The van der Waals surface area contributed by atoms with Gasteiger partial charge in [-0.2, -0.15) is 13.2 Å². The summed E-state index contributed by atoms with van der Waals surface area (Å²) in [5, 5.41) is 0. The molecule has 1 fully saturated rings. The molecule has 2 aromatic carbocycles. The summed E-state index contributed by atoms with van der Waals surface area (Å²) in [6.07, 6.45) is -2.33. The van der Waals surface area contributed by atoms with Gasteiger partial charge in [-0.15, -0.1) is 0 Å². The highest BCUT2D eigenvalue weighted by Gasteiger charge is 2.33. The average Bonchev–Trinajstić information content (AvgIpc) is 3.45. The number of carbonyl (C=O) groups is 1. The van der Waals surface area contributed by atoms with Crippen LogP contribution in [-0.4, -0.2) is 29.6 Å². The van der Waals surface area contributed by atoms with Crippen molar-refractivity contribution in [3.05, 3.63) is 70.8 Å². The molecule has 1 saturated carbocycles. The second kappa shape index (κ2) is 8.13. The van der Waals surface area contributed by atoms with E-state index in [-0.39, 0.29) is 18.6 Å². The summed E-state index contributed by atoms with van der Waals surface area (Å²) in [6.45, 7) is 1.16. The second-order valence-corrected chi connectivity index (χ2v) is 6.95. The zero-order valence-corrected chi connectivity index (χ0v) is 15.1. The van der Waals surface area contributed by atoms with E-state index >= 15 is 0 Å². The summed E-state index contributed by atoms with van der Waals surface area (Å²) in [7, 11) is 0. The van der Waals surface area contributed by atoms with Gasteiger partial charge in [0.05, 0.1) is 6.61 Å². The zero-order valence-electron chi connectivity index (χ0n) is 15.1. The van der Waals surface area contributed by atoms with E-state index in [9.17, 15) is 18.0 Å². The van der Waals surface area contributed by atoms with E-state index in [0.717, 1.165) is 18.4 Å². The van der Waals surface area contributed by atoms with Crippen molar-refractivity contribution in [2.24, 2.45) is 0 Å². The third-order valence-corrected chi connectivity index (χ3v) is 4.46. The Labute approximate surface area is 156 Å². The maximum Gasteiger partial charge on any atom is 0.411 e. The summed E-state index contributed by atoms with van der Waals surface area (Å²) >= 11 is 0. The molecule has 0 heterocycles. The number of rotatable bonds is 7. The van der Waals surface area contributed by atoms with Crippen LogP contribution in [0.25, 0.3) is 0 Å². The van der Waals surface area contributed by atoms with Gasteiger partial charge < -0.3 is 9.64 Å². The molecular weight excluding hydrogens is 355 g/mol. The smallest absolute Gasteiger partial charge is 0.367 e. The molecule has 0 radical (unpaired) electrons. The molecule has 144 valence electrons. The molecule has 1 aliphatic rings. The molecule has 0 bridgehead atoms. The molecule has 0 spiro atoms. The van der Waals surface area contributed by atoms with Crippen molar-refractivity contribution in [2.75, 3.05) is 6.61 Å². The van der Waals surface area contributed by atoms with Gasteiger partial charge in [-0.3, -0.25) is 4.79 Å². The van der Waals surface area contributed by atoms with Crippen molar-refractivity contribution < 1.29 is 22.7 Å². The van der Waals surface area contributed by atoms with Crippen molar-refractivity contribution in [2.45, 2.75) is 45.1 Å². The lowest BCUT2D eigenvalue weighted by Gasteiger charge is -2.23.